The molecular formula is C14H14ClNO6. The number of carboxylic acid groups (broad SMARTS) is 1. The predicted octanol–water partition coefficient (Wildman–Crippen LogP) is 2.28. The molecule has 0 saturated heterocycles. The van der Waals surface area contributed by atoms with Crippen molar-refractivity contribution in [2.24, 2.45) is 0 Å². The van der Waals surface area contributed by atoms with Gasteiger partial charge in [0.05, 0.1) is 5.02 Å². The van der Waals surface area contributed by atoms with E-state index in [4.69, 9.17) is 30.9 Å². The summed E-state index contributed by atoms with van der Waals surface area (Å²) in [7, 11) is 0. The number of carbonyl (C=O) groups excluding carboxylic acids is 1. The molecule has 1 aromatic carbocycles. The maximum absolute atomic E-state index is 11.9. The van der Waals surface area contributed by atoms with Crippen molar-refractivity contribution < 1.29 is 28.9 Å². The van der Waals surface area contributed by atoms with E-state index in [-0.39, 0.29) is 19.9 Å². The smallest absolute Gasteiger partial charge is 0.410 e. The number of halogens is 1. The summed E-state index contributed by atoms with van der Waals surface area (Å²) >= 11 is 6.06. The van der Waals surface area contributed by atoms with Crippen molar-refractivity contribution in [3.8, 4) is 11.5 Å². The molecular weight excluding hydrogens is 314 g/mol. The van der Waals surface area contributed by atoms with Gasteiger partial charge in [0.25, 0.3) is 0 Å². The molecule has 0 atom stereocenters. The number of nitrogens with zero attached hydrogens (tertiary/aromatic N) is 1. The minimum Gasteiger partial charge on any atom is -0.480 e. The van der Waals surface area contributed by atoms with Crippen molar-refractivity contribution in [3.05, 3.63) is 35.4 Å². The van der Waals surface area contributed by atoms with E-state index in [1.165, 1.54) is 6.08 Å². The summed E-state index contributed by atoms with van der Waals surface area (Å²) in [4.78, 5) is 23.8. The number of amides is 1. The average Bonchev–Trinajstić information content (AvgIpc) is 2.92. The second-order valence-corrected chi connectivity index (χ2v) is 4.83. The van der Waals surface area contributed by atoms with Crippen LogP contribution in [0.1, 0.15) is 5.56 Å². The van der Waals surface area contributed by atoms with Gasteiger partial charge in [0, 0.05) is 6.54 Å². The highest BCUT2D eigenvalue weighted by Gasteiger charge is 2.22. The molecule has 2 rings (SSSR count). The van der Waals surface area contributed by atoms with E-state index in [0.29, 0.717) is 22.1 Å². The Morgan fingerprint density at radius 3 is 2.91 bits per heavy atom. The van der Waals surface area contributed by atoms with E-state index in [2.05, 4.69) is 6.58 Å². The Labute approximate surface area is 131 Å². The van der Waals surface area contributed by atoms with Crippen LogP contribution in [-0.2, 0) is 16.1 Å². The summed E-state index contributed by atoms with van der Waals surface area (Å²) in [5.74, 6) is -0.260. The zero-order valence-corrected chi connectivity index (χ0v) is 12.3. The first-order valence-corrected chi connectivity index (χ1v) is 6.71. The van der Waals surface area contributed by atoms with E-state index in [9.17, 15) is 9.59 Å². The van der Waals surface area contributed by atoms with Gasteiger partial charge in [0.2, 0.25) is 6.79 Å². The van der Waals surface area contributed by atoms with Gasteiger partial charge in [-0.25, -0.2) is 4.79 Å². The van der Waals surface area contributed by atoms with Gasteiger partial charge in [0.1, 0.15) is 13.2 Å². The van der Waals surface area contributed by atoms with Gasteiger partial charge in [-0.2, -0.15) is 0 Å². The lowest BCUT2D eigenvalue weighted by Crippen LogP contribution is -2.35. The third kappa shape index (κ3) is 3.82. The van der Waals surface area contributed by atoms with Crippen molar-refractivity contribution in [2.45, 2.75) is 6.54 Å². The number of fused-ring (bicyclic) bond motifs is 1. The standard InChI is InChI=1S/C14H14ClNO6/c1-2-3-20-14(19)16(7-12(17)18)6-9-4-10(15)13-11(5-9)21-8-22-13/h2,4-5H,1,3,6-8H2,(H,17,18). The molecule has 1 aliphatic rings. The third-order valence-electron chi connectivity index (χ3n) is 2.77. The molecule has 1 aromatic rings. The van der Waals surface area contributed by atoms with Gasteiger partial charge in [-0.15, -0.1) is 0 Å². The Kier molecular flexibility index (Phi) is 5.11. The average molecular weight is 328 g/mol. The predicted molar refractivity (Wildman–Crippen MR) is 77.2 cm³/mol. The Bertz CT molecular complexity index is 603. The Morgan fingerprint density at radius 1 is 1.45 bits per heavy atom. The Morgan fingerprint density at radius 2 is 2.23 bits per heavy atom. The topological polar surface area (TPSA) is 85.3 Å². The summed E-state index contributed by atoms with van der Waals surface area (Å²) in [6.45, 7) is 3.01. The molecule has 0 radical (unpaired) electrons. The minimum atomic E-state index is -1.15. The van der Waals surface area contributed by atoms with Crippen LogP contribution in [-0.4, -0.2) is 42.0 Å². The first kappa shape index (κ1) is 16.0. The van der Waals surface area contributed by atoms with Gasteiger partial charge in [-0.3, -0.25) is 9.69 Å². The number of benzene rings is 1. The lowest BCUT2D eigenvalue weighted by Gasteiger charge is -2.20. The van der Waals surface area contributed by atoms with E-state index < -0.39 is 18.6 Å². The fourth-order valence-corrected chi connectivity index (χ4v) is 2.19. The van der Waals surface area contributed by atoms with Crippen LogP contribution in [0.3, 0.4) is 0 Å². The number of ether oxygens (including phenoxy) is 3. The number of hydrogen-bond donors (Lipinski definition) is 1. The molecule has 0 aliphatic carbocycles. The maximum Gasteiger partial charge on any atom is 0.410 e. The zero-order chi connectivity index (χ0) is 16.1. The van der Waals surface area contributed by atoms with Gasteiger partial charge >= 0.3 is 12.1 Å². The monoisotopic (exact) mass is 327 g/mol. The summed E-state index contributed by atoms with van der Waals surface area (Å²) in [6, 6.07) is 3.23. The summed E-state index contributed by atoms with van der Waals surface area (Å²) in [6.07, 6.45) is 0.643. The fourth-order valence-electron chi connectivity index (χ4n) is 1.90. The van der Waals surface area contributed by atoms with Crippen LogP contribution < -0.4 is 9.47 Å². The molecule has 8 heteroatoms. The fraction of sp³-hybridized carbons (Fsp3) is 0.286. The molecule has 7 nitrogen and oxygen atoms in total. The molecule has 0 fully saturated rings. The van der Waals surface area contributed by atoms with Gasteiger partial charge in [0.15, 0.2) is 11.5 Å². The van der Waals surface area contributed by atoms with Crippen LogP contribution in [0.4, 0.5) is 4.79 Å². The van der Waals surface area contributed by atoms with Crippen LogP contribution in [0.15, 0.2) is 24.8 Å². The third-order valence-corrected chi connectivity index (χ3v) is 3.05. The maximum atomic E-state index is 11.9. The largest absolute Gasteiger partial charge is 0.480 e. The van der Waals surface area contributed by atoms with Crippen molar-refractivity contribution in [1.29, 1.82) is 0 Å². The van der Waals surface area contributed by atoms with Crippen molar-refractivity contribution in [3.63, 3.8) is 0 Å². The number of carboxylic acids is 1. The molecule has 1 heterocycles. The summed E-state index contributed by atoms with van der Waals surface area (Å²) in [5, 5.41) is 9.24. The molecule has 22 heavy (non-hydrogen) atoms. The van der Waals surface area contributed by atoms with Crippen LogP contribution in [0.2, 0.25) is 5.02 Å². The van der Waals surface area contributed by atoms with E-state index in [0.717, 1.165) is 4.90 Å². The lowest BCUT2D eigenvalue weighted by molar-refractivity contribution is -0.138. The number of hydrogen-bond acceptors (Lipinski definition) is 5. The molecule has 0 aromatic heterocycles. The summed E-state index contributed by atoms with van der Waals surface area (Å²) in [5.41, 5.74) is 0.603. The van der Waals surface area contributed by atoms with Crippen LogP contribution in [0, 0.1) is 0 Å². The van der Waals surface area contributed by atoms with Crippen LogP contribution >= 0.6 is 11.6 Å². The van der Waals surface area contributed by atoms with Crippen molar-refractivity contribution >= 4 is 23.7 Å². The SMILES string of the molecule is C=CCOC(=O)N(CC(=O)O)Cc1cc(Cl)c2c(c1)OCO2. The van der Waals surface area contributed by atoms with Crippen LogP contribution in [0.25, 0.3) is 0 Å². The van der Waals surface area contributed by atoms with Gasteiger partial charge in [-0.1, -0.05) is 24.3 Å². The normalized spacial score (nSPS) is 11.9. The molecule has 1 aliphatic heterocycles. The number of aliphatic carboxylic acids is 1. The molecule has 0 spiro atoms. The lowest BCUT2D eigenvalue weighted by atomic mass is 10.2. The highest BCUT2D eigenvalue weighted by molar-refractivity contribution is 6.32. The molecule has 1 amide bonds. The molecule has 0 bridgehead atoms. The molecule has 1 N–H and O–H groups in total. The molecule has 0 saturated carbocycles. The van der Waals surface area contributed by atoms with E-state index >= 15 is 0 Å². The first-order chi connectivity index (χ1) is 10.5. The van der Waals surface area contributed by atoms with Gasteiger partial charge in [-0.05, 0) is 17.7 Å². The van der Waals surface area contributed by atoms with E-state index in [1.54, 1.807) is 12.1 Å². The zero-order valence-electron chi connectivity index (χ0n) is 11.6. The summed E-state index contributed by atoms with van der Waals surface area (Å²) < 4.78 is 15.3. The quantitative estimate of drug-likeness (QED) is 0.807. The Hall–Kier alpha value is -2.41. The first-order valence-electron chi connectivity index (χ1n) is 6.33. The number of rotatable bonds is 6. The molecule has 0 unspecified atom stereocenters. The number of carbonyl (C=O) groups is 2. The highest BCUT2D eigenvalue weighted by Crippen LogP contribution is 2.40. The van der Waals surface area contributed by atoms with Crippen molar-refractivity contribution in [2.75, 3.05) is 19.9 Å². The van der Waals surface area contributed by atoms with E-state index in [1.807, 2.05) is 0 Å². The van der Waals surface area contributed by atoms with Crippen LogP contribution in [0.5, 0.6) is 11.5 Å². The van der Waals surface area contributed by atoms with Gasteiger partial charge < -0.3 is 19.3 Å². The highest BCUT2D eigenvalue weighted by atomic mass is 35.5. The van der Waals surface area contributed by atoms with Crippen molar-refractivity contribution in [1.82, 2.24) is 4.90 Å². The Balaban J connectivity index is 2.16. The minimum absolute atomic E-state index is 0.00313. The second-order valence-electron chi connectivity index (χ2n) is 4.43. The molecule has 118 valence electrons. The second kappa shape index (κ2) is 7.04.